The van der Waals surface area contributed by atoms with Crippen molar-refractivity contribution in [1.29, 1.82) is 0 Å². The zero-order valence-corrected chi connectivity index (χ0v) is 10.4. The maximum atomic E-state index is 10.5. The Labute approximate surface area is 104 Å². The lowest BCUT2D eigenvalue weighted by atomic mass is 10.0. The molecule has 1 aliphatic heterocycles. The molecule has 17 heavy (non-hydrogen) atoms. The molecule has 1 aromatic rings. The highest BCUT2D eigenvalue weighted by Gasteiger charge is 2.24. The summed E-state index contributed by atoms with van der Waals surface area (Å²) in [5.74, 6) is 0.0187. The highest BCUT2D eigenvalue weighted by molar-refractivity contribution is 6.99. The van der Waals surface area contributed by atoms with Crippen LogP contribution in [0.15, 0.2) is 0 Å². The predicted octanol–water partition coefficient (Wildman–Crippen LogP) is 1.38. The fourth-order valence-corrected chi connectivity index (χ4v) is 2.49. The minimum absolute atomic E-state index is 0.339. The van der Waals surface area contributed by atoms with E-state index in [1.807, 2.05) is 0 Å². The topological polar surface area (TPSA) is 75.5 Å². The lowest BCUT2D eigenvalue weighted by molar-refractivity contribution is -0.139. The molecule has 6 nitrogen and oxygen atoms in total. The number of hydrogen-bond acceptors (Lipinski definition) is 6. The number of rotatable bonds is 4. The van der Waals surface area contributed by atoms with Gasteiger partial charge in [-0.1, -0.05) is 0 Å². The van der Waals surface area contributed by atoms with Crippen LogP contribution in [0, 0.1) is 0 Å². The smallest absolute Gasteiger partial charge is 0.341 e. The molecule has 94 valence electrons. The molecule has 0 unspecified atom stereocenters. The van der Waals surface area contributed by atoms with Gasteiger partial charge < -0.3 is 14.7 Å². The van der Waals surface area contributed by atoms with Gasteiger partial charge in [-0.25, -0.2) is 4.79 Å². The van der Waals surface area contributed by atoms with Crippen LogP contribution in [0.1, 0.15) is 26.2 Å². The second-order valence-electron chi connectivity index (χ2n) is 4.11. The molecule has 1 fully saturated rings. The lowest BCUT2D eigenvalue weighted by Crippen LogP contribution is -2.37. The van der Waals surface area contributed by atoms with Crippen LogP contribution in [0.3, 0.4) is 0 Å². The number of hydrogen-bond donors (Lipinski definition) is 1. The van der Waals surface area contributed by atoms with Crippen molar-refractivity contribution in [2.75, 3.05) is 18.1 Å². The van der Waals surface area contributed by atoms with Gasteiger partial charge in [0.25, 0.3) is 5.88 Å². The summed E-state index contributed by atoms with van der Waals surface area (Å²) in [4.78, 5) is 12.6. The molecule has 0 aromatic carbocycles. The molecule has 1 aliphatic rings. The molecule has 1 saturated heterocycles. The van der Waals surface area contributed by atoms with Crippen molar-refractivity contribution in [2.24, 2.45) is 0 Å². The molecule has 2 rings (SSSR count). The van der Waals surface area contributed by atoms with Crippen LogP contribution in [0.25, 0.3) is 0 Å². The first-order chi connectivity index (χ1) is 8.18. The minimum Gasteiger partial charge on any atom is -0.479 e. The largest absolute Gasteiger partial charge is 0.479 e. The minimum atomic E-state index is -1.00. The zero-order chi connectivity index (χ0) is 12.3. The Kier molecular flexibility index (Phi) is 3.78. The van der Waals surface area contributed by atoms with Gasteiger partial charge in [0.15, 0.2) is 6.61 Å². The van der Waals surface area contributed by atoms with Gasteiger partial charge in [0, 0.05) is 12.6 Å². The fourth-order valence-electron chi connectivity index (χ4n) is 1.99. The summed E-state index contributed by atoms with van der Waals surface area (Å²) in [6, 6.07) is 0.403. The Hall–Kier alpha value is -1.37. The number of anilines is 1. The summed E-state index contributed by atoms with van der Waals surface area (Å²) in [7, 11) is 0. The summed E-state index contributed by atoms with van der Waals surface area (Å²) in [6.07, 6.45) is 3.47. The Balaban J connectivity index is 2.09. The Bertz CT molecular complexity index is 396. The summed E-state index contributed by atoms with van der Waals surface area (Å²) < 4.78 is 13.3. The number of carbonyl (C=O) groups is 1. The monoisotopic (exact) mass is 257 g/mol. The van der Waals surface area contributed by atoms with Gasteiger partial charge in [0.2, 0.25) is 5.82 Å². The van der Waals surface area contributed by atoms with Crippen molar-refractivity contribution in [2.45, 2.75) is 32.2 Å². The summed E-state index contributed by atoms with van der Waals surface area (Å²) in [6.45, 7) is 2.69. The quantitative estimate of drug-likeness (QED) is 0.878. The van der Waals surface area contributed by atoms with Crippen LogP contribution in [0.5, 0.6) is 5.88 Å². The summed E-state index contributed by atoms with van der Waals surface area (Å²) in [5.41, 5.74) is 0. The Morgan fingerprint density at radius 1 is 1.59 bits per heavy atom. The molecule has 1 N–H and O–H groups in total. The maximum absolute atomic E-state index is 10.5. The van der Waals surface area contributed by atoms with E-state index >= 15 is 0 Å². The van der Waals surface area contributed by atoms with E-state index in [0.717, 1.165) is 31.1 Å². The number of ether oxygens (including phenoxy) is 1. The second kappa shape index (κ2) is 5.31. The molecule has 1 aromatic heterocycles. The molecule has 0 radical (unpaired) electrons. The lowest BCUT2D eigenvalue weighted by Gasteiger charge is -2.33. The van der Waals surface area contributed by atoms with Gasteiger partial charge >= 0.3 is 5.97 Å². The van der Waals surface area contributed by atoms with E-state index in [-0.39, 0.29) is 6.61 Å². The average molecular weight is 257 g/mol. The first kappa shape index (κ1) is 12.1. The Morgan fingerprint density at radius 3 is 3.12 bits per heavy atom. The molecule has 7 heteroatoms. The molecule has 0 aliphatic carbocycles. The third-order valence-corrected chi connectivity index (χ3v) is 3.35. The number of piperidine rings is 1. The maximum Gasteiger partial charge on any atom is 0.341 e. The van der Waals surface area contributed by atoms with E-state index < -0.39 is 5.97 Å². The SMILES string of the molecule is C[C@H]1CCCCN1c1nsnc1OCC(=O)O. The fraction of sp³-hybridized carbons (Fsp3) is 0.700. The number of nitrogens with zero attached hydrogens (tertiary/aromatic N) is 3. The highest BCUT2D eigenvalue weighted by atomic mass is 32.1. The van der Waals surface area contributed by atoms with E-state index in [0.29, 0.717) is 17.7 Å². The van der Waals surface area contributed by atoms with Crippen molar-refractivity contribution in [1.82, 2.24) is 8.75 Å². The third kappa shape index (κ3) is 2.85. The van der Waals surface area contributed by atoms with Crippen molar-refractivity contribution >= 4 is 23.5 Å². The zero-order valence-electron chi connectivity index (χ0n) is 9.63. The number of carboxylic acid groups (broad SMARTS) is 1. The van der Waals surface area contributed by atoms with Crippen LogP contribution < -0.4 is 9.64 Å². The van der Waals surface area contributed by atoms with Gasteiger partial charge in [0.1, 0.15) is 0 Å². The second-order valence-corrected chi connectivity index (χ2v) is 4.64. The molecule has 2 heterocycles. The molecule has 0 saturated carbocycles. The molecule has 0 bridgehead atoms. The van der Waals surface area contributed by atoms with Crippen molar-refractivity contribution in [3.63, 3.8) is 0 Å². The average Bonchev–Trinajstić information content (AvgIpc) is 2.75. The van der Waals surface area contributed by atoms with Crippen molar-refractivity contribution < 1.29 is 14.6 Å². The molecular weight excluding hydrogens is 242 g/mol. The van der Waals surface area contributed by atoms with Gasteiger partial charge in [-0.15, -0.1) is 4.37 Å². The van der Waals surface area contributed by atoms with Crippen molar-refractivity contribution in [3.8, 4) is 5.88 Å². The summed E-state index contributed by atoms with van der Waals surface area (Å²) >= 11 is 1.05. The van der Waals surface area contributed by atoms with Crippen LogP contribution in [0.4, 0.5) is 5.82 Å². The van der Waals surface area contributed by atoms with E-state index in [1.165, 1.54) is 6.42 Å². The van der Waals surface area contributed by atoms with Crippen molar-refractivity contribution in [3.05, 3.63) is 0 Å². The van der Waals surface area contributed by atoms with Gasteiger partial charge in [-0.3, -0.25) is 0 Å². The normalized spacial score (nSPS) is 20.3. The van der Waals surface area contributed by atoms with Gasteiger partial charge in [-0.2, -0.15) is 4.37 Å². The highest BCUT2D eigenvalue weighted by Crippen LogP contribution is 2.30. The number of aromatic nitrogens is 2. The number of carboxylic acids is 1. The van der Waals surface area contributed by atoms with E-state index in [1.54, 1.807) is 0 Å². The van der Waals surface area contributed by atoms with Crippen LogP contribution >= 0.6 is 11.7 Å². The molecule has 0 spiro atoms. The van der Waals surface area contributed by atoms with Crippen LogP contribution in [-0.2, 0) is 4.79 Å². The Morgan fingerprint density at radius 2 is 2.41 bits per heavy atom. The van der Waals surface area contributed by atoms with Crippen LogP contribution in [0.2, 0.25) is 0 Å². The van der Waals surface area contributed by atoms with E-state index in [4.69, 9.17) is 9.84 Å². The molecular formula is C10H15N3O3S. The molecule has 1 atom stereocenters. The molecule has 0 amide bonds. The van der Waals surface area contributed by atoms with Gasteiger partial charge in [0.05, 0.1) is 11.7 Å². The first-order valence-corrected chi connectivity index (χ1v) is 6.35. The van der Waals surface area contributed by atoms with Crippen LogP contribution in [-0.4, -0.2) is 39.0 Å². The number of aliphatic carboxylic acids is 1. The summed E-state index contributed by atoms with van der Waals surface area (Å²) in [5, 5.41) is 8.58. The third-order valence-electron chi connectivity index (χ3n) is 2.85. The van der Waals surface area contributed by atoms with E-state index in [2.05, 4.69) is 20.6 Å². The van der Waals surface area contributed by atoms with Gasteiger partial charge in [-0.05, 0) is 26.2 Å². The standard InChI is InChI=1S/C10H15N3O3S/c1-7-4-2-3-5-13(7)9-10(12-17-11-9)16-6-8(14)15/h7H,2-6H2,1H3,(H,14,15)/t7-/m0/s1. The predicted molar refractivity (Wildman–Crippen MR) is 63.7 cm³/mol. The van der Waals surface area contributed by atoms with E-state index in [9.17, 15) is 4.79 Å². The first-order valence-electron chi connectivity index (χ1n) is 5.62.